The maximum Gasteiger partial charge on any atom is 0.243 e. The van der Waals surface area contributed by atoms with E-state index in [0.29, 0.717) is 18.4 Å². The van der Waals surface area contributed by atoms with Crippen molar-refractivity contribution in [2.45, 2.75) is 24.0 Å². The van der Waals surface area contributed by atoms with E-state index in [1.54, 1.807) is 0 Å². The van der Waals surface area contributed by atoms with E-state index in [1.165, 1.54) is 4.90 Å². The van der Waals surface area contributed by atoms with Gasteiger partial charge in [0, 0.05) is 22.4 Å². The number of nitrogens with one attached hydrogen (secondary N) is 1. The molecule has 0 saturated carbocycles. The maximum atomic E-state index is 12.4. The summed E-state index contributed by atoms with van der Waals surface area (Å²) in [5, 5.41) is 3.43. The number of carbonyl (C=O) groups is 1. The van der Waals surface area contributed by atoms with Gasteiger partial charge in [-0.15, -0.1) is 11.8 Å². The van der Waals surface area contributed by atoms with Crippen molar-refractivity contribution >= 4 is 29.0 Å². The number of hydrogen-bond acceptors (Lipinski definition) is 4. The van der Waals surface area contributed by atoms with Crippen molar-refractivity contribution < 1.29 is 9.53 Å². The number of hydrogen-bond donors (Lipinski definition) is 1. The zero-order valence-corrected chi connectivity index (χ0v) is 14.8. The van der Waals surface area contributed by atoms with E-state index in [1.807, 2.05) is 55.1 Å². The zero-order valence-electron chi connectivity index (χ0n) is 14.0. The normalized spacial score (nSPS) is 16.4. The lowest BCUT2D eigenvalue weighted by Gasteiger charge is -2.33. The Bertz CT molecular complexity index is 703. The summed E-state index contributed by atoms with van der Waals surface area (Å²) in [4.78, 5) is 15.8. The van der Waals surface area contributed by atoms with Gasteiger partial charge in [-0.1, -0.05) is 19.1 Å². The molecule has 0 aliphatic carbocycles. The molecule has 0 radical (unpaired) electrons. The first-order valence-electron chi connectivity index (χ1n) is 8.19. The summed E-state index contributed by atoms with van der Waals surface area (Å²) in [5.74, 6) is 0.805. The molecule has 1 N–H and O–H groups in total. The van der Waals surface area contributed by atoms with E-state index in [-0.39, 0.29) is 5.91 Å². The Morgan fingerprint density at radius 3 is 2.75 bits per heavy atom. The largest absolute Gasteiger partial charge is 0.494 e. The minimum absolute atomic E-state index is 0.00642. The second kappa shape index (κ2) is 7.62. The van der Waals surface area contributed by atoms with Crippen LogP contribution in [0.5, 0.6) is 5.75 Å². The third-order valence-corrected chi connectivity index (χ3v) is 4.95. The highest BCUT2D eigenvalue weighted by atomic mass is 32.2. The number of carbonyl (C=O) groups excluding carboxylic acids is 1. The zero-order chi connectivity index (χ0) is 16.9. The van der Waals surface area contributed by atoms with Gasteiger partial charge in [-0.2, -0.15) is 0 Å². The van der Waals surface area contributed by atoms with Crippen LogP contribution >= 0.6 is 11.8 Å². The molecule has 24 heavy (non-hydrogen) atoms. The molecule has 1 aliphatic heterocycles. The molecule has 1 amide bonds. The second-order valence-corrected chi connectivity index (χ2v) is 7.26. The van der Waals surface area contributed by atoms with Crippen molar-refractivity contribution in [3.8, 4) is 5.75 Å². The molecule has 5 heteroatoms. The van der Waals surface area contributed by atoms with Gasteiger partial charge >= 0.3 is 0 Å². The van der Waals surface area contributed by atoms with Crippen LogP contribution in [0.2, 0.25) is 0 Å². The molecule has 2 aromatic rings. The molecule has 1 aliphatic rings. The van der Waals surface area contributed by atoms with Crippen LogP contribution in [-0.2, 0) is 4.79 Å². The first kappa shape index (κ1) is 16.7. The van der Waals surface area contributed by atoms with Crippen molar-refractivity contribution in [1.29, 1.82) is 0 Å². The van der Waals surface area contributed by atoms with Gasteiger partial charge in [0.25, 0.3) is 0 Å². The van der Waals surface area contributed by atoms with Crippen LogP contribution < -0.4 is 15.0 Å². The van der Waals surface area contributed by atoms with Crippen LogP contribution in [0.3, 0.4) is 0 Å². The number of anilines is 2. The fourth-order valence-corrected chi connectivity index (χ4v) is 3.97. The van der Waals surface area contributed by atoms with Crippen LogP contribution in [0.25, 0.3) is 0 Å². The molecule has 126 valence electrons. The quantitative estimate of drug-likeness (QED) is 0.891. The first-order valence-corrected chi connectivity index (χ1v) is 9.07. The van der Waals surface area contributed by atoms with E-state index in [0.717, 1.165) is 23.7 Å². The van der Waals surface area contributed by atoms with Gasteiger partial charge in [-0.25, -0.2) is 0 Å². The average molecular weight is 342 g/mol. The number of thioether (sulfide) groups is 1. The molecule has 2 aromatic carbocycles. The summed E-state index contributed by atoms with van der Waals surface area (Å²) in [6.07, 6.45) is 0. The van der Waals surface area contributed by atoms with Gasteiger partial charge in [0.2, 0.25) is 5.91 Å². The lowest BCUT2D eigenvalue weighted by molar-refractivity contribution is -0.115. The Labute approximate surface area is 147 Å². The van der Waals surface area contributed by atoms with E-state index in [9.17, 15) is 4.79 Å². The molecule has 3 rings (SSSR count). The molecule has 0 unspecified atom stereocenters. The van der Waals surface area contributed by atoms with Gasteiger partial charge < -0.3 is 15.0 Å². The Balaban J connectivity index is 1.64. The Hall–Kier alpha value is -2.14. The SMILES string of the molecule is CCOc1ccc(NC(=O)CN2C[C@H](C)Sc3ccccc32)cc1. The van der Waals surface area contributed by atoms with Crippen LogP contribution in [-0.4, -0.2) is 30.9 Å². The molecule has 0 bridgehead atoms. The van der Waals surface area contributed by atoms with Gasteiger partial charge in [-0.05, 0) is 43.3 Å². The number of amides is 1. The Morgan fingerprint density at radius 1 is 1.25 bits per heavy atom. The average Bonchev–Trinajstić information content (AvgIpc) is 2.57. The predicted molar refractivity (Wildman–Crippen MR) is 100 cm³/mol. The molecular formula is C19H22N2O2S. The number of nitrogens with zero attached hydrogens (tertiary/aromatic N) is 1. The minimum atomic E-state index is -0.00642. The lowest BCUT2D eigenvalue weighted by Crippen LogP contribution is -2.39. The number of benzene rings is 2. The van der Waals surface area contributed by atoms with Crippen molar-refractivity contribution in [3.05, 3.63) is 48.5 Å². The molecule has 0 fully saturated rings. The Morgan fingerprint density at radius 2 is 2.00 bits per heavy atom. The van der Waals surface area contributed by atoms with Gasteiger partial charge in [0.05, 0.1) is 18.8 Å². The lowest BCUT2D eigenvalue weighted by atomic mass is 10.2. The Kier molecular flexibility index (Phi) is 5.30. The van der Waals surface area contributed by atoms with E-state index in [2.05, 4.69) is 29.3 Å². The molecule has 0 aromatic heterocycles. The molecule has 4 nitrogen and oxygen atoms in total. The third-order valence-electron chi connectivity index (χ3n) is 3.80. The summed E-state index contributed by atoms with van der Waals surface area (Å²) in [6, 6.07) is 15.7. The molecule has 1 heterocycles. The van der Waals surface area contributed by atoms with E-state index >= 15 is 0 Å². The molecule has 0 spiro atoms. The fraction of sp³-hybridized carbons (Fsp3) is 0.316. The van der Waals surface area contributed by atoms with Crippen LogP contribution in [0.4, 0.5) is 11.4 Å². The number of para-hydroxylation sites is 1. The van der Waals surface area contributed by atoms with Crippen LogP contribution in [0.15, 0.2) is 53.4 Å². The monoisotopic (exact) mass is 342 g/mol. The highest BCUT2D eigenvalue weighted by molar-refractivity contribution is 8.00. The predicted octanol–water partition coefficient (Wildman–Crippen LogP) is 4.02. The van der Waals surface area contributed by atoms with Gasteiger partial charge in [-0.3, -0.25) is 4.79 Å². The van der Waals surface area contributed by atoms with Crippen molar-refractivity contribution in [1.82, 2.24) is 0 Å². The third kappa shape index (κ3) is 4.03. The van der Waals surface area contributed by atoms with Crippen molar-refractivity contribution in [2.24, 2.45) is 0 Å². The van der Waals surface area contributed by atoms with E-state index < -0.39 is 0 Å². The summed E-state index contributed by atoms with van der Waals surface area (Å²) in [7, 11) is 0. The summed E-state index contributed by atoms with van der Waals surface area (Å²) in [6.45, 7) is 6.01. The number of fused-ring (bicyclic) bond motifs is 1. The highest BCUT2D eigenvalue weighted by Gasteiger charge is 2.23. The minimum Gasteiger partial charge on any atom is -0.494 e. The second-order valence-electron chi connectivity index (χ2n) is 5.78. The van der Waals surface area contributed by atoms with Crippen LogP contribution in [0, 0.1) is 0 Å². The summed E-state index contributed by atoms with van der Waals surface area (Å²) >= 11 is 1.87. The standard InChI is InChI=1S/C19H22N2O2S/c1-3-23-16-10-8-15(9-11-16)20-19(22)13-21-12-14(2)24-18-7-5-4-6-17(18)21/h4-11,14H,3,12-13H2,1-2H3,(H,20,22)/t14-/m0/s1. The van der Waals surface area contributed by atoms with E-state index in [4.69, 9.17) is 4.74 Å². The molecular weight excluding hydrogens is 320 g/mol. The number of ether oxygens (including phenoxy) is 1. The molecule has 0 saturated heterocycles. The van der Waals surface area contributed by atoms with Crippen LogP contribution in [0.1, 0.15) is 13.8 Å². The maximum absolute atomic E-state index is 12.4. The summed E-state index contributed by atoms with van der Waals surface area (Å²) in [5.41, 5.74) is 1.93. The topological polar surface area (TPSA) is 41.6 Å². The van der Waals surface area contributed by atoms with Crippen molar-refractivity contribution in [2.75, 3.05) is 29.9 Å². The fourth-order valence-electron chi connectivity index (χ4n) is 2.81. The summed E-state index contributed by atoms with van der Waals surface area (Å²) < 4.78 is 5.41. The van der Waals surface area contributed by atoms with Crippen molar-refractivity contribution in [3.63, 3.8) is 0 Å². The van der Waals surface area contributed by atoms with Gasteiger partial charge in [0.1, 0.15) is 5.75 Å². The smallest absolute Gasteiger partial charge is 0.243 e. The van der Waals surface area contributed by atoms with Gasteiger partial charge in [0.15, 0.2) is 0 Å². The number of rotatable bonds is 5. The molecule has 1 atom stereocenters. The highest BCUT2D eigenvalue weighted by Crippen LogP contribution is 2.37. The first-order chi connectivity index (χ1) is 11.7.